The lowest BCUT2D eigenvalue weighted by molar-refractivity contribution is -0.123. The molecule has 2 amide bonds. The maximum atomic E-state index is 14.4. The van der Waals surface area contributed by atoms with Crippen molar-refractivity contribution in [2.75, 3.05) is 4.90 Å². The van der Waals surface area contributed by atoms with Crippen molar-refractivity contribution in [3.63, 3.8) is 0 Å². The van der Waals surface area contributed by atoms with E-state index in [-0.39, 0.29) is 29.3 Å². The Morgan fingerprint density at radius 2 is 1.66 bits per heavy atom. The second-order valence-corrected chi connectivity index (χ2v) is 11.7. The monoisotopic (exact) mass is 568 g/mol. The molecular formula is C30H25BrN4O3. The Balaban J connectivity index is 1.52. The highest BCUT2D eigenvalue weighted by Gasteiger charge is 2.69. The second kappa shape index (κ2) is 8.19. The fraction of sp³-hybridized carbons (Fsp3) is 0.267. The number of carbonyl (C=O) groups excluding carboxylic acids is 2. The molecule has 0 unspecified atom stereocenters. The molecular weight excluding hydrogens is 544 g/mol. The third kappa shape index (κ3) is 2.98. The van der Waals surface area contributed by atoms with E-state index in [2.05, 4.69) is 35.1 Å². The van der Waals surface area contributed by atoms with Crippen LogP contribution in [0.5, 0.6) is 0 Å². The first kappa shape index (κ1) is 23.5. The first-order valence-electron chi connectivity index (χ1n) is 12.9. The topological polar surface area (TPSA) is 84.3 Å². The second-order valence-electron chi connectivity index (χ2n) is 10.8. The van der Waals surface area contributed by atoms with Crippen LogP contribution < -0.4 is 15.8 Å². The SMILES string of the molecule is CC(C)C[C@H]1N[C@@]2(c3ccccc3-n3c2nc2ccccc2c3=O)[C@H]2C(=O)N(c3ccc(Br)cc3)C(=O)[C@@H]12. The Kier molecular flexibility index (Phi) is 5.06. The maximum absolute atomic E-state index is 14.4. The number of carbonyl (C=O) groups is 2. The molecule has 3 aromatic carbocycles. The average molecular weight is 569 g/mol. The summed E-state index contributed by atoms with van der Waals surface area (Å²) in [6.45, 7) is 4.23. The Morgan fingerprint density at radius 3 is 2.42 bits per heavy atom. The van der Waals surface area contributed by atoms with E-state index < -0.39 is 17.4 Å². The van der Waals surface area contributed by atoms with Crippen molar-refractivity contribution in [1.82, 2.24) is 14.9 Å². The van der Waals surface area contributed by atoms with Crippen molar-refractivity contribution < 1.29 is 9.59 Å². The molecule has 7 rings (SSSR count). The van der Waals surface area contributed by atoms with Gasteiger partial charge < -0.3 is 0 Å². The standard InChI is InChI=1S/C30H25BrN4O3/c1-16(2)15-22-24-25(28(38)34(27(24)37)18-13-11-17(31)12-14-18)30(33-22)20-8-4-6-10-23(20)35-26(36)19-7-3-5-9-21(19)32-29(30)35/h3-14,16,22,24-25,33H,15H2,1-2H3/t22-,24+,25-,30+/m1/s1. The van der Waals surface area contributed by atoms with Crippen molar-refractivity contribution in [3.05, 3.63) is 99.0 Å². The van der Waals surface area contributed by atoms with E-state index in [1.165, 1.54) is 4.90 Å². The number of imide groups is 1. The molecule has 7 nitrogen and oxygen atoms in total. The molecule has 4 heterocycles. The lowest BCUT2D eigenvalue weighted by atomic mass is 9.75. The number of hydrogen-bond acceptors (Lipinski definition) is 5. The van der Waals surface area contributed by atoms with Crippen molar-refractivity contribution in [3.8, 4) is 5.69 Å². The van der Waals surface area contributed by atoms with Gasteiger partial charge in [-0.1, -0.05) is 60.1 Å². The number of halogens is 1. The lowest BCUT2D eigenvalue weighted by Crippen LogP contribution is -2.50. The number of nitrogens with one attached hydrogen (secondary N) is 1. The molecule has 190 valence electrons. The van der Waals surface area contributed by atoms with Gasteiger partial charge >= 0.3 is 0 Å². The zero-order chi connectivity index (χ0) is 26.3. The van der Waals surface area contributed by atoms with Crippen molar-refractivity contribution in [1.29, 1.82) is 0 Å². The summed E-state index contributed by atoms with van der Waals surface area (Å²) in [6, 6.07) is 21.9. The molecule has 0 radical (unpaired) electrons. The van der Waals surface area contributed by atoms with E-state index in [9.17, 15) is 14.4 Å². The number of amides is 2. The van der Waals surface area contributed by atoms with Crippen LogP contribution in [0.4, 0.5) is 5.69 Å². The third-order valence-corrected chi connectivity index (χ3v) is 8.70. The number of rotatable bonds is 3. The van der Waals surface area contributed by atoms with Gasteiger partial charge in [0.05, 0.1) is 34.1 Å². The summed E-state index contributed by atoms with van der Waals surface area (Å²) in [5, 5.41) is 4.26. The van der Waals surface area contributed by atoms with E-state index in [4.69, 9.17) is 4.98 Å². The van der Waals surface area contributed by atoms with Crippen LogP contribution >= 0.6 is 15.9 Å². The fourth-order valence-corrected chi connectivity index (χ4v) is 7.04. The summed E-state index contributed by atoms with van der Waals surface area (Å²) in [7, 11) is 0. The molecule has 1 spiro atoms. The van der Waals surface area contributed by atoms with Gasteiger partial charge in [-0.2, -0.15) is 0 Å². The van der Waals surface area contributed by atoms with Gasteiger partial charge in [0.25, 0.3) is 5.56 Å². The minimum atomic E-state index is -1.11. The molecule has 0 saturated carbocycles. The molecule has 3 aliphatic rings. The smallest absolute Gasteiger partial charge is 0.266 e. The summed E-state index contributed by atoms with van der Waals surface area (Å²) in [5.74, 6) is -1.05. The van der Waals surface area contributed by atoms with Crippen molar-refractivity contribution >= 4 is 44.3 Å². The van der Waals surface area contributed by atoms with Crippen LogP contribution in [0.1, 0.15) is 31.7 Å². The van der Waals surface area contributed by atoms with Gasteiger partial charge in [-0.15, -0.1) is 0 Å². The van der Waals surface area contributed by atoms with Crippen molar-refractivity contribution in [2.45, 2.75) is 31.8 Å². The van der Waals surface area contributed by atoms with Gasteiger partial charge in [-0.25, -0.2) is 9.88 Å². The fourth-order valence-electron chi connectivity index (χ4n) is 6.77. The summed E-state index contributed by atoms with van der Waals surface area (Å²) >= 11 is 3.44. The summed E-state index contributed by atoms with van der Waals surface area (Å²) < 4.78 is 2.50. The molecule has 2 fully saturated rings. The number of fused-ring (bicyclic) bond motifs is 8. The van der Waals surface area contributed by atoms with Gasteiger partial charge in [0.15, 0.2) is 0 Å². The lowest BCUT2D eigenvalue weighted by Gasteiger charge is -2.32. The van der Waals surface area contributed by atoms with Gasteiger partial charge in [-0.3, -0.25) is 24.3 Å². The van der Waals surface area contributed by atoms with Crippen LogP contribution in [0, 0.1) is 17.8 Å². The minimum absolute atomic E-state index is 0.179. The van der Waals surface area contributed by atoms with Crippen LogP contribution in [0.2, 0.25) is 0 Å². The number of benzene rings is 3. The summed E-state index contributed by atoms with van der Waals surface area (Å²) in [6.07, 6.45) is 0.704. The molecule has 0 aliphatic carbocycles. The zero-order valence-corrected chi connectivity index (χ0v) is 22.5. The van der Waals surface area contributed by atoms with Crippen molar-refractivity contribution in [2.24, 2.45) is 17.8 Å². The Hall–Kier alpha value is -3.62. The Bertz CT molecular complexity index is 1710. The number of nitrogens with zero attached hydrogens (tertiary/aromatic N) is 3. The van der Waals surface area contributed by atoms with Gasteiger partial charge in [0.2, 0.25) is 11.8 Å². The molecule has 0 bridgehead atoms. The third-order valence-electron chi connectivity index (χ3n) is 8.17. The van der Waals surface area contributed by atoms with Crippen LogP contribution in [0.15, 0.2) is 82.1 Å². The van der Waals surface area contributed by atoms with E-state index in [1.807, 2.05) is 54.6 Å². The van der Waals surface area contributed by atoms with Crippen LogP contribution in [-0.4, -0.2) is 27.4 Å². The van der Waals surface area contributed by atoms with E-state index in [0.29, 0.717) is 34.5 Å². The quantitative estimate of drug-likeness (QED) is 0.367. The van der Waals surface area contributed by atoms with Gasteiger partial charge in [0.1, 0.15) is 11.4 Å². The molecule has 4 aromatic rings. The first-order valence-corrected chi connectivity index (χ1v) is 13.7. The number of aromatic nitrogens is 2. The predicted octanol–water partition coefficient (Wildman–Crippen LogP) is 4.53. The molecule has 8 heteroatoms. The van der Waals surface area contributed by atoms with E-state index in [0.717, 1.165) is 10.0 Å². The Labute approximate surface area is 227 Å². The Morgan fingerprint density at radius 1 is 0.947 bits per heavy atom. The molecule has 2 saturated heterocycles. The summed E-state index contributed by atoms with van der Waals surface area (Å²) in [5.41, 5.74) is 1.34. The number of anilines is 1. The molecule has 38 heavy (non-hydrogen) atoms. The normalized spacial score (nSPS) is 25.5. The molecule has 3 aliphatic heterocycles. The molecule has 4 atom stereocenters. The zero-order valence-electron chi connectivity index (χ0n) is 20.9. The van der Waals surface area contributed by atoms with Gasteiger partial charge in [0, 0.05) is 16.1 Å². The van der Waals surface area contributed by atoms with Gasteiger partial charge in [-0.05, 0) is 54.8 Å². The maximum Gasteiger partial charge on any atom is 0.266 e. The number of hydrogen-bond donors (Lipinski definition) is 1. The molecule has 1 N–H and O–H groups in total. The van der Waals surface area contributed by atoms with E-state index >= 15 is 0 Å². The average Bonchev–Trinajstić information content (AvgIpc) is 3.48. The molecule has 1 aromatic heterocycles. The first-order chi connectivity index (χ1) is 18.3. The van der Waals surface area contributed by atoms with Crippen LogP contribution in [-0.2, 0) is 15.1 Å². The highest BCUT2D eigenvalue weighted by atomic mass is 79.9. The van der Waals surface area contributed by atoms with Crippen LogP contribution in [0.25, 0.3) is 16.6 Å². The highest BCUT2D eigenvalue weighted by Crippen LogP contribution is 2.56. The summed E-state index contributed by atoms with van der Waals surface area (Å²) in [4.78, 5) is 48.7. The number of para-hydroxylation sites is 2. The van der Waals surface area contributed by atoms with E-state index in [1.54, 1.807) is 22.8 Å². The largest absolute Gasteiger partial charge is 0.297 e. The van der Waals surface area contributed by atoms with Crippen LogP contribution in [0.3, 0.4) is 0 Å². The highest BCUT2D eigenvalue weighted by molar-refractivity contribution is 9.10. The minimum Gasteiger partial charge on any atom is -0.297 e. The predicted molar refractivity (Wildman–Crippen MR) is 148 cm³/mol.